The van der Waals surface area contributed by atoms with E-state index in [2.05, 4.69) is 62.5 Å². The van der Waals surface area contributed by atoms with E-state index < -0.39 is 50.6 Å². The molecule has 13 heteroatoms. The first kappa shape index (κ1) is 54.3. The highest BCUT2D eigenvalue weighted by atomic mass is 31.2. The topological polar surface area (TPSA) is 169 Å². The molecular formula is C46H78NO11P. The van der Waals surface area contributed by atoms with E-state index in [1.54, 1.807) is 12.2 Å². The number of carbonyl (C=O) groups excluding carboxylic acids is 3. The molecule has 0 heterocycles. The summed E-state index contributed by atoms with van der Waals surface area (Å²) in [5.74, 6) is -1.63. The predicted molar refractivity (Wildman–Crippen MR) is 232 cm³/mol. The van der Waals surface area contributed by atoms with Crippen LogP contribution in [0.4, 0.5) is 0 Å². The Kier molecular flexibility index (Phi) is 30.4. The van der Waals surface area contributed by atoms with Gasteiger partial charge < -0.3 is 38.1 Å². The predicted octanol–water partition coefficient (Wildman–Crippen LogP) is 8.42. The van der Waals surface area contributed by atoms with Gasteiger partial charge in [-0.15, -0.1) is 0 Å². The number of Topliss-reactive ketones (excluding diaryl/α,β-unsaturated/α-hetero) is 1. The summed E-state index contributed by atoms with van der Waals surface area (Å²) < 4.78 is 33.8. The summed E-state index contributed by atoms with van der Waals surface area (Å²) in [5, 5.41) is 20.8. The number of aliphatic hydroxyl groups is 2. The minimum Gasteiger partial charge on any atom is -0.756 e. The van der Waals surface area contributed by atoms with Crippen molar-refractivity contribution in [1.29, 1.82) is 0 Å². The number of hydrogen-bond donors (Lipinski definition) is 2. The number of quaternary nitrogens is 1. The lowest BCUT2D eigenvalue weighted by Gasteiger charge is -2.28. The first-order valence-corrected chi connectivity index (χ1v) is 23.6. The van der Waals surface area contributed by atoms with Crippen LogP contribution in [0.2, 0.25) is 0 Å². The Balaban J connectivity index is 2.51. The second-order valence-corrected chi connectivity index (χ2v) is 17.9. The molecule has 1 aliphatic carbocycles. The lowest BCUT2D eigenvalue weighted by Crippen LogP contribution is -2.37. The van der Waals surface area contributed by atoms with E-state index in [1.165, 1.54) is 0 Å². The number of hydrogen-bond acceptors (Lipinski definition) is 11. The van der Waals surface area contributed by atoms with Crippen LogP contribution >= 0.6 is 7.82 Å². The zero-order valence-electron chi connectivity index (χ0n) is 36.9. The second-order valence-electron chi connectivity index (χ2n) is 16.5. The Labute approximate surface area is 356 Å². The van der Waals surface area contributed by atoms with Crippen molar-refractivity contribution in [1.82, 2.24) is 0 Å². The zero-order valence-corrected chi connectivity index (χ0v) is 37.8. The number of phosphoric ester groups is 1. The smallest absolute Gasteiger partial charge is 0.306 e. The van der Waals surface area contributed by atoms with Crippen molar-refractivity contribution in [2.45, 2.75) is 154 Å². The molecular weight excluding hydrogens is 773 g/mol. The van der Waals surface area contributed by atoms with Gasteiger partial charge in [-0.1, -0.05) is 113 Å². The van der Waals surface area contributed by atoms with Gasteiger partial charge in [-0.2, -0.15) is 0 Å². The van der Waals surface area contributed by atoms with Gasteiger partial charge in [0.2, 0.25) is 0 Å². The summed E-state index contributed by atoms with van der Waals surface area (Å²) in [5.41, 5.74) is 0. The van der Waals surface area contributed by atoms with E-state index in [0.29, 0.717) is 36.7 Å². The third-order valence-electron chi connectivity index (χ3n) is 9.93. The van der Waals surface area contributed by atoms with Crippen LogP contribution in [0.25, 0.3) is 0 Å². The SMILES string of the molecule is CC/C=C\C/C=C\C/C=C\C/C=C\CCCCC(=O)O[C@H](COC(=O)CCCCCC[C@H]1[C@@H](O)CC(=O)[C@@H]1/C=C/[C@@H](O)CCCCC)COP(=O)([O-])OCC[N+](C)(C)C. The lowest BCUT2D eigenvalue weighted by atomic mass is 9.88. The molecule has 0 saturated heterocycles. The van der Waals surface area contributed by atoms with Gasteiger partial charge >= 0.3 is 11.9 Å². The van der Waals surface area contributed by atoms with Gasteiger partial charge in [0.05, 0.1) is 40.0 Å². The van der Waals surface area contributed by atoms with Crippen LogP contribution in [0, 0.1) is 11.8 Å². The number of allylic oxidation sites excluding steroid dienone is 9. The fourth-order valence-corrected chi connectivity index (χ4v) is 7.16. The molecule has 0 aromatic heterocycles. The van der Waals surface area contributed by atoms with Crippen molar-refractivity contribution in [3.05, 3.63) is 60.8 Å². The van der Waals surface area contributed by atoms with Crippen LogP contribution in [0.3, 0.4) is 0 Å². The van der Waals surface area contributed by atoms with E-state index in [0.717, 1.165) is 77.0 Å². The van der Waals surface area contributed by atoms with Gasteiger partial charge in [-0.3, -0.25) is 18.9 Å². The first-order chi connectivity index (χ1) is 28.2. The summed E-state index contributed by atoms with van der Waals surface area (Å²) >= 11 is 0. The maximum atomic E-state index is 12.7. The molecule has 59 heavy (non-hydrogen) atoms. The largest absolute Gasteiger partial charge is 0.756 e. The lowest BCUT2D eigenvalue weighted by molar-refractivity contribution is -0.870. The Bertz CT molecular complexity index is 1350. The number of esters is 2. The molecule has 1 aliphatic rings. The zero-order chi connectivity index (χ0) is 43.8. The number of nitrogens with zero attached hydrogens (tertiary/aromatic N) is 1. The number of carbonyl (C=O) groups is 3. The highest BCUT2D eigenvalue weighted by molar-refractivity contribution is 7.45. The van der Waals surface area contributed by atoms with E-state index in [4.69, 9.17) is 18.5 Å². The van der Waals surface area contributed by atoms with Gasteiger partial charge in [-0.05, 0) is 70.1 Å². The second kappa shape index (κ2) is 33.0. The average Bonchev–Trinajstić information content (AvgIpc) is 3.44. The monoisotopic (exact) mass is 852 g/mol. The molecule has 0 bridgehead atoms. The van der Waals surface area contributed by atoms with E-state index >= 15 is 0 Å². The minimum absolute atomic E-state index is 0.000185. The molecule has 0 aromatic rings. The van der Waals surface area contributed by atoms with Gasteiger partial charge in [0.15, 0.2) is 6.10 Å². The normalized spacial score (nSPS) is 19.8. The Hall–Kier alpha value is -2.70. The molecule has 12 nitrogen and oxygen atoms in total. The molecule has 338 valence electrons. The molecule has 6 atom stereocenters. The van der Waals surface area contributed by atoms with Crippen LogP contribution in [-0.2, 0) is 37.5 Å². The number of aliphatic hydroxyl groups excluding tert-OH is 2. The molecule has 1 fully saturated rings. The van der Waals surface area contributed by atoms with Crippen LogP contribution in [0.1, 0.15) is 136 Å². The third-order valence-corrected chi connectivity index (χ3v) is 10.9. The molecule has 1 rings (SSSR count). The molecule has 0 aliphatic heterocycles. The van der Waals surface area contributed by atoms with Crippen molar-refractivity contribution in [2.24, 2.45) is 11.8 Å². The van der Waals surface area contributed by atoms with Crippen molar-refractivity contribution in [3.63, 3.8) is 0 Å². The van der Waals surface area contributed by atoms with E-state index in [-0.39, 0.29) is 44.2 Å². The quantitative estimate of drug-likeness (QED) is 0.0206. The summed E-state index contributed by atoms with van der Waals surface area (Å²) in [6, 6.07) is 0. The van der Waals surface area contributed by atoms with Crippen molar-refractivity contribution < 1.29 is 57.1 Å². The van der Waals surface area contributed by atoms with E-state index in [1.807, 2.05) is 21.1 Å². The number of unbranched alkanes of at least 4 members (excludes halogenated alkanes) is 7. The number of rotatable bonds is 35. The standard InChI is InChI=1S/C46H78NO11P/c1-6-8-10-11-12-13-14-15-16-17-18-19-20-21-27-31-46(52)58-40(38-57-59(53,54)56-35-34-47(3,4)5)37-55-45(51)30-26-23-22-25-29-41-42(44(50)36-43(41)49)33-32-39(48)28-24-9-7-2/h8,10,12-13,15-16,18-19,32-33,39-43,48-49H,6-7,9,11,14,17,20-31,34-38H2,1-5H3/b10-8-,13-12-,16-15-,19-18-,33-32+/t39-,40+,41+,42+,43-/m0/s1. The van der Waals surface area contributed by atoms with Gasteiger partial charge in [0.1, 0.15) is 25.5 Å². The number of likely N-dealkylation sites (N-methyl/N-ethyl adjacent to an activating group) is 1. The van der Waals surface area contributed by atoms with Crippen LogP contribution < -0.4 is 4.89 Å². The Morgan fingerprint density at radius 2 is 1.46 bits per heavy atom. The van der Waals surface area contributed by atoms with E-state index in [9.17, 15) is 34.1 Å². The fraction of sp³-hybridized carbons (Fsp3) is 0.717. The highest BCUT2D eigenvalue weighted by Gasteiger charge is 2.39. The molecule has 0 radical (unpaired) electrons. The van der Waals surface area contributed by atoms with Crippen LogP contribution in [-0.4, -0.2) is 98.2 Å². The minimum atomic E-state index is -4.70. The van der Waals surface area contributed by atoms with Gasteiger partial charge in [-0.25, -0.2) is 0 Å². The van der Waals surface area contributed by atoms with Crippen molar-refractivity contribution in [2.75, 3.05) is 47.5 Å². The van der Waals surface area contributed by atoms with Gasteiger partial charge in [0.25, 0.3) is 7.82 Å². The summed E-state index contributed by atoms with van der Waals surface area (Å²) in [6.45, 7) is 3.67. The third kappa shape index (κ3) is 30.1. The first-order valence-electron chi connectivity index (χ1n) is 22.1. The summed E-state index contributed by atoms with van der Waals surface area (Å²) in [7, 11) is 0.996. The van der Waals surface area contributed by atoms with Crippen LogP contribution in [0.15, 0.2) is 60.8 Å². The van der Waals surface area contributed by atoms with Crippen molar-refractivity contribution in [3.8, 4) is 0 Å². The fourth-order valence-electron chi connectivity index (χ4n) is 6.43. The molecule has 1 saturated carbocycles. The highest BCUT2D eigenvalue weighted by Crippen LogP contribution is 2.38. The number of phosphoric acid groups is 1. The molecule has 0 aromatic carbocycles. The maximum Gasteiger partial charge on any atom is 0.306 e. The Morgan fingerprint density at radius 1 is 0.831 bits per heavy atom. The molecule has 2 N–H and O–H groups in total. The number of ketones is 1. The average molecular weight is 852 g/mol. The van der Waals surface area contributed by atoms with Crippen LogP contribution in [0.5, 0.6) is 0 Å². The number of ether oxygens (including phenoxy) is 2. The van der Waals surface area contributed by atoms with Crippen molar-refractivity contribution >= 4 is 25.5 Å². The summed E-state index contributed by atoms with van der Waals surface area (Å²) in [6.07, 6.45) is 31.6. The molecule has 0 spiro atoms. The maximum absolute atomic E-state index is 12.7. The summed E-state index contributed by atoms with van der Waals surface area (Å²) in [4.78, 5) is 50.3. The molecule has 1 unspecified atom stereocenters. The molecule has 0 amide bonds. The van der Waals surface area contributed by atoms with Gasteiger partial charge in [0, 0.05) is 25.2 Å². The Morgan fingerprint density at radius 3 is 2.12 bits per heavy atom.